The molecule has 2 aliphatic heterocycles. The smallest absolute Gasteiger partial charge is 0.193 e. The normalized spacial score (nSPS) is 20.1. The molecule has 164 valence electrons. The quantitative estimate of drug-likeness (QED) is 0.385. The Bertz CT molecular complexity index is 1060. The molecule has 0 radical (unpaired) electrons. The van der Waals surface area contributed by atoms with Crippen LogP contribution in [0.15, 0.2) is 78.9 Å². The molecule has 0 N–H and O–H groups in total. The Morgan fingerprint density at radius 1 is 0.906 bits per heavy atom. The van der Waals surface area contributed by atoms with Crippen molar-refractivity contribution >= 4 is 17.4 Å². The maximum atomic E-state index is 13.4. The molecule has 0 amide bonds. The summed E-state index contributed by atoms with van der Waals surface area (Å²) >= 11 is 6.02. The van der Waals surface area contributed by atoms with Crippen LogP contribution in [0, 0.1) is 0 Å². The lowest BCUT2D eigenvalue weighted by atomic mass is 9.91. The molecule has 5 heteroatoms. The highest BCUT2D eigenvalue weighted by Crippen LogP contribution is 2.36. The van der Waals surface area contributed by atoms with Gasteiger partial charge in [0, 0.05) is 48.9 Å². The first-order valence-corrected chi connectivity index (χ1v) is 11.6. The Morgan fingerprint density at radius 2 is 1.56 bits per heavy atom. The second kappa shape index (κ2) is 9.55. The van der Waals surface area contributed by atoms with E-state index in [1.165, 1.54) is 5.56 Å². The SMILES string of the molecule is O=C(c1ccc(Cl)cc1)c1ccccc1C(C1CO1)N1CCN(Cc2ccccc2)CC1. The van der Waals surface area contributed by atoms with Gasteiger partial charge in [-0.3, -0.25) is 14.6 Å². The van der Waals surface area contributed by atoms with E-state index in [1.54, 1.807) is 24.3 Å². The second-order valence-electron chi connectivity index (χ2n) is 8.54. The minimum atomic E-state index is 0.0330. The molecule has 0 aromatic heterocycles. The lowest BCUT2D eigenvalue weighted by Crippen LogP contribution is -2.48. The van der Waals surface area contributed by atoms with Crippen LogP contribution in [0.25, 0.3) is 0 Å². The highest BCUT2D eigenvalue weighted by atomic mass is 35.5. The van der Waals surface area contributed by atoms with E-state index < -0.39 is 0 Å². The van der Waals surface area contributed by atoms with Crippen LogP contribution >= 0.6 is 11.6 Å². The summed E-state index contributed by atoms with van der Waals surface area (Å²) in [5.74, 6) is 0.0330. The molecule has 4 nitrogen and oxygen atoms in total. The third kappa shape index (κ3) is 4.79. The van der Waals surface area contributed by atoms with Crippen LogP contribution in [0.3, 0.4) is 0 Å². The van der Waals surface area contributed by atoms with Crippen LogP contribution in [-0.2, 0) is 11.3 Å². The largest absolute Gasteiger partial charge is 0.371 e. The van der Waals surface area contributed by atoms with Crippen molar-refractivity contribution in [2.24, 2.45) is 0 Å². The van der Waals surface area contributed by atoms with Gasteiger partial charge < -0.3 is 4.74 Å². The molecule has 5 rings (SSSR count). The summed E-state index contributed by atoms with van der Waals surface area (Å²) in [4.78, 5) is 18.3. The van der Waals surface area contributed by atoms with Crippen LogP contribution in [0.2, 0.25) is 5.02 Å². The lowest BCUT2D eigenvalue weighted by Gasteiger charge is -2.39. The van der Waals surface area contributed by atoms with Crippen molar-refractivity contribution < 1.29 is 9.53 Å². The monoisotopic (exact) mass is 446 g/mol. The number of carbonyl (C=O) groups excluding carboxylic acids is 1. The number of ketones is 1. The van der Waals surface area contributed by atoms with Gasteiger partial charge in [-0.25, -0.2) is 0 Å². The van der Waals surface area contributed by atoms with E-state index in [9.17, 15) is 4.79 Å². The summed E-state index contributed by atoms with van der Waals surface area (Å²) in [6.45, 7) is 5.65. The molecule has 0 spiro atoms. The van der Waals surface area contributed by atoms with Crippen molar-refractivity contribution in [1.29, 1.82) is 0 Å². The van der Waals surface area contributed by atoms with Gasteiger partial charge in [0.05, 0.1) is 12.6 Å². The highest BCUT2D eigenvalue weighted by molar-refractivity contribution is 6.30. The fourth-order valence-corrected chi connectivity index (χ4v) is 4.76. The van der Waals surface area contributed by atoms with E-state index in [2.05, 4.69) is 46.2 Å². The molecule has 2 fully saturated rings. The third-order valence-electron chi connectivity index (χ3n) is 6.39. The van der Waals surface area contributed by atoms with Crippen molar-refractivity contribution in [2.45, 2.75) is 18.7 Å². The summed E-state index contributed by atoms with van der Waals surface area (Å²) in [6, 6.07) is 25.8. The predicted octanol–water partition coefficient (Wildman–Crippen LogP) is 4.83. The number of piperazine rings is 1. The standard InChI is InChI=1S/C27H27ClN2O2/c28-22-12-10-21(11-13-22)27(31)24-9-5-4-8-23(24)26(25-19-32-25)30-16-14-29(15-17-30)18-20-6-2-1-3-7-20/h1-13,25-26H,14-19H2. The molecule has 0 aliphatic carbocycles. The van der Waals surface area contributed by atoms with Crippen molar-refractivity contribution in [3.05, 3.63) is 106 Å². The molecule has 3 aromatic rings. The van der Waals surface area contributed by atoms with Gasteiger partial charge >= 0.3 is 0 Å². The first-order valence-electron chi connectivity index (χ1n) is 11.2. The second-order valence-corrected chi connectivity index (χ2v) is 8.97. The highest BCUT2D eigenvalue weighted by Gasteiger charge is 2.40. The average molecular weight is 447 g/mol. The van der Waals surface area contributed by atoms with Gasteiger partial charge in [-0.2, -0.15) is 0 Å². The predicted molar refractivity (Wildman–Crippen MR) is 127 cm³/mol. The van der Waals surface area contributed by atoms with E-state index in [1.807, 2.05) is 18.2 Å². The van der Waals surface area contributed by atoms with Gasteiger partial charge in [-0.05, 0) is 35.4 Å². The van der Waals surface area contributed by atoms with E-state index in [-0.39, 0.29) is 17.9 Å². The molecule has 2 heterocycles. The Hall–Kier alpha value is -2.50. The Labute approximate surface area is 194 Å². The fraction of sp³-hybridized carbons (Fsp3) is 0.296. The molecule has 32 heavy (non-hydrogen) atoms. The lowest BCUT2D eigenvalue weighted by molar-refractivity contribution is 0.0774. The van der Waals surface area contributed by atoms with Gasteiger partial charge in [0.2, 0.25) is 0 Å². The number of halogens is 1. The van der Waals surface area contributed by atoms with Crippen molar-refractivity contribution in [3.63, 3.8) is 0 Å². The zero-order valence-corrected chi connectivity index (χ0v) is 18.7. The summed E-state index contributed by atoms with van der Waals surface area (Å²) in [5, 5.41) is 0.632. The summed E-state index contributed by atoms with van der Waals surface area (Å²) in [5.41, 5.74) is 3.82. The van der Waals surface area contributed by atoms with Gasteiger partial charge in [-0.1, -0.05) is 66.2 Å². The first-order chi connectivity index (χ1) is 15.7. The Kier molecular flexibility index (Phi) is 6.37. The van der Waals surface area contributed by atoms with E-state index in [4.69, 9.17) is 16.3 Å². The summed E-state index contributed by atoms with van der Waals surface area (Å²) in [7, 11) is 0. The summed E-state index contributed by atoms with van der Waals surface area (Å²) < 4.78 is 5.77. The molecular weight excluding hydrogens is 420 g/mol. The number of ether oxygens (including phenoxy) is 1. The molecule has 2 aliphatic rings. The minimum absolute atomic E-state index is 0.0330. The Balaban J connectivity index is 1.34. The molecule has 2 atom stereocenters. The molecule has 2 saturated heterocycles. The van der Waals surface area contributed by atoms with Crippen LogP contribution in [-0.4, -0.2) is 54.5 Å². The van der Waals surface area contributed by atoms with Crippen molar-refractivity contribution in [1.82, 2.24) is 9.80 Å². The van der Waals surface area contributed by atoms with E-state index in [0.717, 1.165) is 50.5 Å². The topological polar surface area (TPSA) is 36.1 Å². The first kappa shape index (κ1) is 21.4. The van der Waals surface area contributed by atoms with Crippen molar-refractivity contribution in [3.8, 4) is 0 Å². The number of carbonyl (C=O) groups is 1. The van der Waals surface area contributed by atoms with Gasteiger partial charge in [-0.15, -0.1) is 0 Å². The fourth-order valence-electron chi connectivity index (χ4n) is 4.63. The molecule has 0 saturated carbocycles. The van der Waals surface area contributed by atoms with Crippen LogP contribution in [0.1, 0.15) is 33.1 Å². The van der Waals surface area contributed by atoms with E-state index >= 15 is 0 Å². The van der Waals surface area contributed by atoms with Crippen molar-refractivity contribution in [2.75, 3.05) is 32.8 Å². The van der Waals surface area contributed by atoms with Gasteiger partial charge in [0.25, 0.3) is 0 Å². The molecule has 3 aromatic carbocycles. The van der Waals surface area contributed by atoms with E-state index in [0.29, 0.717) is 10.6 Å². The van der Waals surface area contributed by atoms with Gasteiger partial charge in [0.1, 0.15) is 6.10 Å². The minimum Gasteiger partial charge on any atom is -0.371 e. The molecule has 0 bridgehead atoms. The van der Waals surface area contributed by atoms with Crippen LogP contribution < -0.4 is 0 Å². The Morgan fingerprint density at radius 3 is 2.25 bits per heavy atom. The van der Waals surface area contributed by atoms with Crippen LogP contribution in [0.5, 0.6) is 0 Å². The van der Waals surface area contributed by atoms with Crippen LogP contribution in [0.4, 0.5) is 0 Å². The number of nitrogens with zero attached hydrogens (tertiary/aromatic N) is 2. The number of rotatable bonds is 7. The average Bonchev–Trinajstić information content (AvgIpc) is 3.67. The molecular formula is C27H27ClN2O2. The zero-order valence-electron chi connectivity index (χ0n) is 18.0. The van der Waals surface area contributed by atoms with Gasteiger partial charge in [0.15, 0.2) is 5.78 Å². The number of hydrogen-bond acceptors (Lipinski definition) is 4. The zero-order chi connectivity index (χ0) is 21.9. The number of epoxide rings is 1. The maximum Gasteiger partial charge on any atom is 0.193 e. The maximum absolute atomic E-state index is 13.4. The number of hydrogen-bond donors (Lipinski definition) is 0. The molecule has 2 unspecified atom stereocenters. The number of benzene rings is 3. The third-order valence-corrected chi connectivity index (χ3v) is 6.64. The summed E-state index contributed by atoms with van der Waals surface area (Å²) in [6.07, 6.45) is 0.148.